The molecule has 0 aliphatic carbocycles. The molecule has 0 radical (unpaired) electrons. The van der Waals surface area contributed by atoms with E-state index in [0.29, 0.717) is 18.0 Å². The van der Waals surface area contributed by atoms with Gasteiger partial charge in [-0.1, -0.05) is 12.1 Å². The van der Waals surface area contributed by atoms with E-state index < -0.39 is 0 Å². The maximum atomic E-state index is 13.2. The van der Waals surface area contributed by atoms with Crippen LogP contribution in [0.4, 0.5) is 10.1 Å². The lowest BCUT2D eigenvalue weighted by Gasteiger charge is -2.09. The van der Waals surface area contributed by atoms with Crippen LogP contribution in [0.3, 0.4) is 0 Å². The zero-order chi connectivity index (χ0) is 18.2. The highest BCUT2D eigenvalue weighted by Gasteiger charge is 2.06. The first kappa shape index (κ1) is 19.3. The number of benzene rings is 2. The lowest BCUT2D eigenvalue weighted by Crippen LogP contribution is -2.15. The molecule has 0 spiro atoms. The van der Waals surface area contributed by atoms with Crippen molar-refractivity contribution in [1.29, 1.82) is 0 Å². The number of anilines is 1. The van der Waals surface area contributed by atoms with E-state index in [-0.39, 0.29) is 11.7 Å². The molecule has 0 aliphatic heterocycles. The topological polar surface area (TPSA) is 38.3 Å². The Bertz CT molecular complexity index is 713. The number of hydrogen-bond acceptors (Lipinski definition) is 3. The molecule has 0 atom stereocenters. The van der Waals surface area contributed by atoms with E-state index in [1.165, 1.54) is 23.3 Å². The third-order valence-electron chi connectivity index (χ3n) is 3.60. The van der Waals surface area contributed by atoms with Gasteiger partial charge in [-0.2, -0.15) is 11.8 Å². The van der Waals surface area contributed by atoms with Crippen LogP contribution in [0.2, 0.25) is 0 Å². The van der Waals surface area contributed by atoms with Crippen LogP contribution in [0.25, 0.3) is 0 Å². The van der Waals surface area contributed by atoms with E-state index in [0.717, 1.165) is 23.5 Å². The highest BCUT2D eigenvalue weighted by Crippen LogP contribution is 2.18. The van der Waals surface area contributed by atoms with Gasteiger partial charge in [0.1, 0.15) is 11.6 Å². The summed E-state index contributed by atoms with van der Waals surface area (Å²) in [7, 11) is 0. The number of ether oxygens (including phenoxy) is 1. The number of rotatable bonds is 8. The number of aryl methyl sites for hydroxylation is 3. The Morgan fingerprint density at radius 2 is 1.84 bits per heavy atom. The van der Waals surface area contributed by atoms with Gasteiger partial charge in [0, 0.05) is 5.69 Å². The Labute approximate surface area is 153 Å². The van der Waals surface area contributed by atoms with E-state index in [1.807, 2.05) is 19.1 Å². The molecule has 0 bridgehead atoms. The molecule has 134 valence electrons. The number of carbonyl (C=O) groups is 1. The van der Waals surface area contributed by atoms with Crippen molar-refractivity contribution in [2.45, 2.75) is 27.2 Å². The van der Waals surface area contributed by atoms with E-state index in [9.17, 15) is 9.18 Å². The van der Waals surface area contributed by atoms with Gasteiger partial charge in [0.25, 0.3) is 0 Å². The largest absolute Gasteiger partial charge is 0.494 e. The number of thioether (sulfide) groups is 1. The molecule has 0 saturated carbocycles. The first-order chi connectivity index (χ1) is 11.9. The summed E-state index contributed by atoms with van der Waals surface area (Å²) in [5, 5.41) is 2.75. The van der Waals surface area contributed by atoms with Gasteiger partial charge in [0.15, 0.2) is 0 Å². The van der Waals surface area contributed by atoms with Crippen molar-refractivity contribution in [3.63, 3.8) is 0 Å². The van der Waals surface area contributed by atoms with Gasteiger partial charge in [0.05, 0.1) is 12.4 Å². The van der Waals surface area contributed by atoms with Gasteiger partial charge < -0.3 is 10.1 Å². The monoisotopic (exact) mass is 361 g/mol. The standard InChI is InChI=1S/C20H24FNO2S/c1-14-9-15(2)11-18(10-14)24-7-4-8-25-13-20(23)22-19-12-17(21)6-5-16(19)3/h5-6,9-12H,4,7-8,13H2,1-3H3,(H,22,23). The molecule has 3 nitrogen and oxygen atoms in total. The van der Waals surface area contributed by atoms with Gasteiger partial charge >= 0.3 is 0 Å². The second-order valence-corrected chi connectivity index (χ2v) is 7.19. The minimum absolute atomic E-state index is 0.117. The molecule has 0 fully saturated rings. The van der Waals surface area contributed by atoms with Gasteiger partial charge in [0.2, 0.25) is 5.91 Å². The molecule has 0 heterocycles. The van der Waals surface area contributed by atoms with Crippen LogP contribution >= 0.6 is 11.8 Å². The van der Waals surface area contributed by atoms with Crippen LogP contribution in [0.5, 0.6) is 5.75 Å². The van der Waals surface area contributed by atoms with E-state index in [2.05, 4.69) is 25.2 Å². The van der Waals surface area contributed by atoms with Crippen molar-refractivity contribution in [3.8, 4) is 5.75 Å². The summed E-state index contributed by atoms with van der Waals surface area (Å²) < 4.78 is 19.0. The fraction of sp³-hybridized carbons (Fsp3) is 0.350. The fourth-order valence-electron chi connectivity index (χ4n) is 2.45. The molecule has 0 aliphatic rings. The molecule has 0 unspecified atom stereocenters. The second kappa shape index (κ2) is 9.47. The summed E-state index contributed by atoms with van der Waals surface area (Å²) >= 11 is 1.55. The lowest BCUT2D eigenvalue weighted by atomic mass is 10.1. The molecule has 2 aromatic rings. The van der Waals surface area contributed by atoms with Crippen molar-refractivity contribution in [2.24, 2.45) is 0 Å². The van der Waals surface area contributed by atoms with Crippen LogP contribution in [0, 0.1) is 26.6 Å². The van der Waals surface area contributed by atoms with Crippen LogP contribution < -0.4 is 10.1 Å². The minimum Gasteiger partial charge on any atom is -0.494 e. The Kier molecular flexibility index (Phi) is 7.31. The zero-order valence-electron chi connectivity index (χ0n) is 14.9. The molecular formula is C20H24FNO2S. The maximum Gasteiger partial charge on any atom is 0.234 e. The molecular weight excluding hydrogens is 337 g/mol. The zero-order valence-corrected chi connectivity index (χ0v) is 15.7. The summed E-state index contributed by atoms with van der Waals surface area (Å²) in [6.45, 7) is 6.57. The summed E-state index contributed by atoms with van der Waals surface area (Å²) in [5.41, 5.74) is 3.76. The van der Waals surface area contributed by atoms with Crippen molar-refractivity contribution in [3.05, 3.63) is 58.9 Å². The molecule has 5 heteroatoms. The third kappa shape index (κ3) is 6.78. The third-order valence-corrected chi connectivity index (χ3v) is 4.65. The number of hydrogen-bond donors (Lipinski definition) is 1. The highest BCUT2D eigenvalue weighted by atomic mass is 32.2. The van der Waals surface area contributed by atoms with Crippen LogP contribution in [-0.4, -0.2) is 24.0 Å². The summed E-state index contributed by atoms with van der Waals surface area (Å²) in [6.07, 6.45) is 0.865. The van der Waals surface area contributed by atoms with Crippen LogP contribution in [-0.2, 0) is 4.79 Å². The SMILES string of the molecule is Cc1cc(C)cc(OCCCSCC(=O)Nc2cc(F)ccc2C)c1. The molecule has 2 rings (SSSR count). The van der Waals surface area contributed by atoms with Gasteiger partial charge in [-0.05, 0) is 73.9 Å². The second-order valence-electron chi connectivity index (χ2n) is 6.09. The Hall–Kier alpha value is -2.01. The van der Waals surface area contributed by atoms with E-state index >= 15 is 0 Å². The molecule has 0 saturated heterocycles. The van der Waals surface area contributed by atoms with Crippen molar-refractivity contribution >= 4 is 23.4 Å². The Morgan fingerprint density at radius 3 is 2.56 bits per heavy atom. The van der Waals surface area contributed by atoms with Crippen LogP contribution in [0.1, 0.15) is 23.1 Å². The van der Waals surface area contributed by atoms with Gasteiger partial charge in [-0.15, -0.1) is 0 Å². The predicted octanol–water partition coefficient (Wildman–Crippen LogP) is 4.89. The molecule has 0 aromatic heterocycles. The molecule has 25 heavy (non-hydrogen) atoms. The minimum atomic E-state index is -0.350. The Balaban J connectivity index is 1.64. The van der Waals surface area contributed by atoms with E-state index in [1.54, 1.807) is 17.8 Å². The van der Waals surface area contributed by atoms with E-state index in [4.69, 9.17) is 4.74 Å². The first-order valence-corrected chi connectivity index (χ1v) is 9.44. The Morgan fingerprint density at radius 1 is 1.12 bits per heavy atom. The average Bonchev–Trinajstić information content (AvgIpc) is 2.53. The smallest absolute Gasteiger partial charge is 0.234 e. The first-order valence-electron chi connectivity index (χ1n) is 8.29. The average molecular weight is 361 g/mol. The molecule has 1 amide bonds. The van der Waals surface area contributed by atoms with Crippen molar-refractivity contribution in [2.75, 3.05) is 23.4 Å². The predicted molar refractivity (Wildman–Crippen MR) is 103 cm³/mol. The number of amides is 1. The number of carbonyl (C=O) groups excluding carboxylic acids is 1. The van der Waals surface area contributed by atoms with Gasteiger partial charge in [-0.25, -0.2) is 4.39 Å². The van der Waals surface area contributed by atoms with Gasteiger partial charge in [-0.3, -0.25) is 4.79 Å². The van der Waals surface area contributed by atoms with Crippen LogP contribution in [0.15, 0.2) is 36.4 Å². The summed E-state index contributed by atoms with van der Waals surface area (Å²) in [4.78, 5) is 11.9. The normalized spacial score (nSPS) is 10.6. The quantitative estimate of drug-likeness (QED) is 0.680. The van der Waals surface area contributed by atoms with Crippen molar-refractivity contribution in [1.82, 2.24) is 0 Å². The molecule has 1 N–H and O–H groups in total. The maximum absolute atomic E-state index is 13.2. The fourth-order valence-corrected chi connectivity index (χ4v) is 3.17. The number of nitrogens with one attached hydrogen (secondary N) is 1. The summed E-state index contributed by atoms with van der Waals surface area (Å²) in [6, 6.07) is 10.5. The number of halogens is 1. The summed E-state index contributed by atoms with van der Waals surface area (Å²) in [5.74, 6) is 1.60. The lowest BCUT2D eigenvalue weighted by molar-refractivity contribution is -0.113. The molecule has 2 aromatic carbocycles. The van der Waals surface area contributed by atoms with Crippen molar-refractivity contribution < 1.29 is 13.9 Å². The highest BCUT2D eigenvalue weighted by molar-refractivity contribution is 7.99.